The molecule has 0 heterocycles. The molecule has 2 nitrogen and oxygen atoms in total. The summed E-state index contributed by atoms with van der Waals surface area (Å²) in [6.07, 6.45) is 4.70. The van der Waals surface area contributed by atoms with Gasteiger partial charge in [0.25, 0.3) is 0 Å². The van der Waals surface area contributed by atoms with E-state index >= 15 is 0 Å². The van der Waals surface area contributed by atoms with E-state index in [4.69, 9.17) is 5.84 Å². The number of benzene rings is 1. The number of hydrazine groups is 1. The molecule has 0 radical (unpaired) electrons. The summed E-state index contributed by atoms with van der Waals surface area (Å²) in [6, 6.07) is 5.48. The third kappa shape index (κ3) is 2.22. The summed E-state index contributed by atoms with van der Waals surface area (Å²) in [7, 11) is 0. The molecule has 0 bridgehead atoms. The molecule has 98 valence electrons. The first-order valence-electron chi connectivity index (χ1n) is 6.60. The number of fused-ring (bicyclic) bond motifs is 1. The number of hydrogen-bond acceptors (Lipinski definition) is 2. The van der Waals surface area contributed by atoms with Crippen molar-refractivity contribution >= 4 is 15.9 Å². The monoisotopic (exact) mass is 312 g/mol. The van der Waals surface area contributed by atoms with Crippen molar-refractivity contribution in [2.24, 2.45) is 23.6 Å². The molecule has 1 aromatic rings. The lowest BCUT2D eigenvalue weighted by Crippen LogP contribution is -2.39. The second-order valence-electron chi connectivity index (χ2n) is 5.55. The summed E-state index contributed by atoms with van der Waals surface area (Å²) < 4.78 is 14.6. The predicted molar refractivity (Wildman–Crippen MR) is 73.2 cm³/mol. The van der Waals surface area contributed by atoms with E-state index in [2.05, 4.69) is 21.4 Å². The van der Waals surface area contributed by atoms with E-state index < -0.39 is 0 Å². The number of hydrogen-bond donors (Lipinski definition) is 2. The van der Waals surface area contributed by atoms with Gasteiger partial charge in [0.05, 0.1) is 0 Å². The Morgan fingerprint density at radius 1 is 1.39 bits per heavy atom. The number of rotatable bonds is 4. The largest absolute Gasteiger partial charge is 0.271 e. The molecule has 2 fully saturated rings. The fourth-order valence-corrected chi connectivity index (χ4v) is 4.04. The standard InChI is InChI=1S/C14H18BrFN2/c15-9-5-4-8(12(16)7-9)6-13(18-17)14-10-2-1-3-11(10)14/h4-5,7,10-11,13-14,18H,1-3,6,17H2. The van der Waals surface area contributed by atoms with Gasteiger partial charge in [0.15, 0.2) is 0 Å². The van der Waals surface area contributed by atoms with Gasteiger partial charge in [0.2, 0.25) is 0 Å². The fraction of sp³-hybridized carbons (Fsp3) is 0.571. The molecule has 3 unspecified atom stereocenters. The van der Waals surface area contributed by atoms with E-state index in [1.165, 1.54) is 25.3 Å². The summed E-state index contributed by atoms with van der Waals surface area (Å²) in [5, 5.41) is 0. The molecule has 0 saturated heterocycles. The van der Waals surface area contributed by atoms with Crippen LogP contribution in [-0.2, 0) is 6.42 Å². The quantitative estimate of drug-likeness (QED) is 0.662. The second-order valence-corrected chi connectivity index (χ2v) is 6.46. The SMILES string of the molecule is NNC(Cc1ccc(Br)cc1F)C1C2CCCC21. The molecule has 18 heavy (non-hydrogen) atoms. The lowest BCUT2D eigenvalue weighted by Gasteiger charge is -2.18. The first-order valence-corrected chi connectivity index (χ1v) is 7.40. The van der Waals surface area contributed by atoms with Crippen molar-refractivity contribution < 1.29 is 4.39 Å². The molecule has 3 rings (SSSR count). The Labute approximate surface area is 115 Å². The molecule has 0 aliphatic heterocycles. The highest BCUT2D eigenvalue weighted by Gasteiger charge is 2.55. The maximum absolute atomic E-state index is 13.8. The van der Waals surface area contributed by atoms with Gasteiger partial charge < -0.3 is 0 Å². The Balaban J connectivity index is 1.70. The van der Waals surface area contributed by atoms with Crippen molar-refractivity contribution in [3.8, 4) is 0 Å². The number of halogens is 2. The van der Waals surface area contributed by atoms with Crippen LogP contribution in [-0.4, -0.2) is 6.04 Å². The summed E-state index contributed by atoms with van der Waals surface area (Å²) in [5.74, 6) is 7.85. The zero-order chi connectivity index (χ0) is 12.7. The van der Waals surface area contributed by atoms with E-state index in [1.807, 2.05) is 12.1 Å². The Bertz CT molecular complexity index is 441. The molecular weight excluding hydrogens is 295 g/mol. The molecule has 0 spiro atoms. The Hall–Kier alpha value is -0.450. The highest BCUT2D eigenvalue weighted by molar-refractivity contribution is 9.10. The molecule has 0 amide bonds. The van der Waals surface area contributed by atoms with E-state index in [-0.39, 0.29) is 11.9 Å². The summed E-state index contributed by atoms with van der Waals surface area (Å²) in [4.78, 5) is 0. The van der Waals surface area contributed by atoms with E-state index in [0.29, 0.717) is 12.3 Å². The Kier molecular flexibility index (Phi) is 3.43. The van der Waals surface area contributed by atoms with Crippen LogP contribution in [0.4, 0.5) is 4.39 Å². The minimum Gasteiger partial charge on any atom is -0.271 e. The van der Waals surface area contributed by atoms with Gasteiger partial charge in [-0.25, -0.2) is 4.39 Å². The first kappa shape index (κ1) is 12.6. The minimum atomic E-state index is -0.143. The predicted octanol–water partition coefficient (Wildman–Crippen LogP) is 3.01. The van der Waals surface area contributed by atoms with Crippen LogP contribution in [0.5, 0.6) is 0 Å². The zero-order valence-electron chi connectivity index (χ0n) is 10.2. The third-order valence-electron chi connectivity index (χ3n) is 4.61. The average molecular weight is 313 g/mol. The van der Waals surface area contributed by atoms with Crippen LogP contribution < -0.4 is 11.3 Å². The molecule has 4 heteroatoms. The maximum atomic E-state index is 13.8. The highest BCUT2D eigenvalue weighted by Crippen LogP contribution is 2.59. The number of nitrogens with one attached hydrogen (secondary N) is 1. The maximum Gasteiger partial charge on any atom is 0.127 e. The van der Waals surface area contributed by atoms with Gasteiger partial charge in [0.1, 0.15) is 5.82 Å². The fourth-order valence-electron chi connectivity index (χ4n) is 3.70. The minimum absolute atomic E-state index is 0.143. The molecule has 2 saturated carbocycles. The topological polar surface area (TPSA) is 38.0 Å². The van der Waals surface area contributed by atoms with Crippen molar-refractivity contribution in [3.05, 3.63) is 34.1 Å². The van der Waals surface area contributed by atoms with Crippen LogP contribution in [0.15, 0.2) is 22.7 Å². The summed E-state index contributed by atoms with van der Waals surface area (Å²) in [6.45, 7) is 0. The third-order valence-corrected chi connectivity index (χ3v) is 5.10. The lowest BCUT2D eigenvalue weighted by atomic mass is 9.97. The number of nitrogens with two attached hydrogens (primary N) is 1. The normalized spacial score (nSPS) is 31.2. The molecule has 2 aliphatic carbocycles. The van der Waals surface area contributed by atoms with Gasteiger partial charge in [-0.15, -0.1) is 0 Å². The van der Waals surface area contributed by atoms with Crippen LogP contribution in [0.25, 0.3) is 0 Å². The summed E-state index contributed by atoms with van der Waals surface area (Å²) >= 11 is 3.28. The van der Waals surface area contributed by atoms with E-state index in [1.54, 1.807) is 0 Å². The second kappa shape index (κ2) is 4.91. The summed E-state index contributed by atoms with van der Waals surface area (Å²) in [5.41, 5.74) is 3.66. The lowest BCUT2D eigenvalue weighted by molar-refractivity contribution is 0.405. The van der Waals surface area contributed by atoms with Crippen LogP contribution in [0, 0.1) is 23.6 Å². The Morgan fingerprint density at radius 2 is 2.11 bits per heavy atom. The first-order chi connectivity index (χ1) is 8.70. The molecule has 3 atom stereocenters. The van der Waals surface area contributed by atoms with Gasteiger partial charge in [-0.2, -0.15) is 0 Å². The van der Waals surface area contributed by atoms with Gasteiger partial charge in [-0.3, -0.25) is 11.3 Å². The van der Waals surface area contributed by atoms with Gasteiger partial charge in [-0.1, -0.05) is 28.4 Å². The van der Waals surface area contributed by atoms with Gasteiger partial charge in [-0.05, 0) is 54.7 Å². The van der Waals surface area contributed by atoms with Crippen molar-refractivity contribution in [1.29, 1.82) is 0 Å². The van der Waals surface area contributed by atoms with E-state index in [9.17, 15) is 4.39 Å². The Morgan fingerprint density at radius 3 is 2.72 bits per heavy atom. The molecule has 2 aliphatic rings. The zero-order valence-corrected chi connectivity index (χ0v) is 11.8. The van der Waals surface area contributed by atoms with Gasteiger partial charge >= 0.3 is 0 Å². The van der Waals surface area contributed by atoms with Crippen LogP contribution in [0.1, 0.15) is 24.8 Å². The molecule has 0 aromatic heterocycles. The van der Waals surface area contributed by atoms with Crippen molar-refractivity contribution in [2.45, 2.75) is 31.7 Å². The van der Waals surface area contributed by atoms with Crippen LogP contribution in [0.3, 0.4) is 0 Å². The highest BCUT2D eigenvalue weighted by atomic mass is 79.9. The van der Waals surface area contributed by atoms with Gasteiger partial charge in [0, 0.05) is 10.5 Å². The van der Waals surface area contributed by atoms with Crippen molar-refractivity contribution in [2.75, 3.05) is 0 Å². The van der Waals surface area contributed by atoms with Crippen LogP contribution >= 0.6 is 15.9 Å². The van der Waals surface area contributed by atoms with Crippen LogP contribution in [0.2, 0.25) is 0 Å². The van der Waals surface area contributed by atoms with E-state index in [0.717, 1.165) is 21.9 Å². The molecule has 3 N–H and O–H groups in total. The van der Waals surface area contributed by atoms with Crippen molar-refractivity contribution in [1.82, 2.24) is 5.43 Å². The van der Waals surface area contributed by atoms with Crippen molar-refractivity contribution in [3.63, 3.8) is 0 Å². The smallest absolute Gasteiger partial charge is 0.127 e. The molecule has 1 aromatic carbocycles. The average Bonchev–Trinajstić information content (AvgIpc) is 2.82. The molecular formula is C14H18BrFN2.